The molecule has 1 unspecified atom stereocenters. The third-order valence-electron chi connectivity index (χ3n) is 3.59. The van der Waals surface area contributed by atoms with E-state index < -0.39 is 0 Å². The van der Waals surface area contributed by atoms with Crippen molar-refractivity contribution in [3.8, 4) is 0 Å². The molecule has 0 spiro atoms. The average Bonchev–Trinajstić information content (AvgIpc) is 2.88. The van der Waals surface area contributed by atoms with Gasteiger partial charge in [-0.3, -0.25) is 20.2 Å². The van der Waals surface area contributed by atoms with E-state index in [4.69, 9.17) is 0 Å². The summed E-state index contributed by atoms with van der Waals surface area (Å²) in [7, 11) is 0. The highest BCUT2D eigenvalue weighted by Gasteiger charge is 2.29. The number of hydrogen-bond acceptors (Lipinski definition) is 4. The van der Waals surface area contributed by atoms with Crippen molar-refractivity contribution in [1.29, 1.82) is 0 Å². The van der Waals surface area contributed by atoms with Crippen LogP contribution in [0, 0.1) is 5.92 Å². The molecule has 1 aromatic carbocycles. The number of fused-ring (bicyclic) bond motifs is 1. The maximum absolute atomic E-state index is 11.9. The first-order valence-electron chi connectivity index (χ1n) is 7.64. The third-order valence-corrected chi connectivity index (χ3v) is 3.59. The molecular formula is C16H19N5O2. The van der Waals surface area contributed by atoms with Crippen molar-refractivity contribution >= 4 is 23.7 Å². The zero-order valence-electron chi connectivity index (χ0n) is 13.1. The standard InChI is InChI=1S/C16H19N5O2/c1-10(2)8-13(22)17-15-19-16-18-14(23)9-12(21(16)20-15)11-6-4-3-5-7-11/h3-7,10,12H,8-9H2,1-2H3,(H2,17,18,19,20,22,23). The van der Waals surface area contributed by atoms with Crippen LogP contribution in [0.4, 0.5) is 11.9 Å². The lowest BCUT2D eigenvalue weighted by Crippen LogP contribution is -2.29. The number of anilines is 2. The van der Waals surface area contributed by atoms with Gasteiger partial charge in [0, 0.05) is 6.42 Å². The van der Waals surface area contributed by atoms with Gasteiger partial charge in [-0.1, -0.05) is 44.2 Å². The van der Waals surface area contributed by atoms with Crippen molar-refractivity contribution in [1.82, 2.24) is 14.8 Å². The van der Waals surface area contributed by atoms with Crippen LogP contribution in [0.25, 0.3) is 0 Å². The van der Waals surface area contributed by atoms with Crippen LogP contribution in [0.2, 0.25) is 0 Å². The molecule has 2 N–H and O–H groups in total. The van der Waals surface area contributed by atoms with Gasteiger partial charge in [-0.2, -0.15) is 4.98 Å². The van der Waals surface area contributed by atoms with E-state index in [1.807, 2.05) is 44.2 Å². The highest BCUT2D eigenvalue weighted by Crippen LogP contribution is 2.29. The summed E-state index contributed by atoms with van der Waals surface area (Å²) >= 11 is 0. The first-order valence-corrected chi connectivity index (χ1v) is 7.64. The number of aromatic nitrogens is 3. The Bertz CT molecular complexity index is 723. The van der Waals surface area contributed by atoms with Crippen LogP contribution in [0.3, 0.4) is 0 Å². The minimum atomic E-state index is -0.219. The van der Waals surface area contributed by atoms with Gasteiger partial charge in [-0.15, -0.1) is 5.10 Å². The molecule has 0 aliphatic carbocycles. The molecule has 1 aliphatic rings. The summed E-state index contributed by atoms with van der Waals surface area (Å²) in [6.07, 6.45) is 0.693. The predicted octanol–water partition coefficient (Wildman–Crippen LogP) is 2.19. The molecule has 1 aromatic heterocycles. The highest BCUT2D eigenvalue weighted by atomic mass is 16.2. The quantitative estimate of drug-likeness (QED) is 0.905. The van der Waals surface area contributed by atoms with Gasteiger partial charge >= 0.3 is 0 Å². The molecule has 23 heavy (non-hydrogen) atoms. The normalized spacial score (nSPS) is 16.8. The van der Waals surface area contributed by atoms with Gasteiger partial charge in [-0.25, -0.2) is 4.68 Å². The van der Waals surface area contributed by atoms with E-state index in [0.29, 0.717) is 18.8 Å². The number of carbonyl (C=O) groups excluding carboxylic acids is 2. The average molecular weight is 313 g/mol. The summed E-state index contributed by atoms with van der Waals surface area (Å²) in [4.78, 5) is 28.0. The van der Waals surface area contributed by atoms with Crippen LogP contribution in [0.5, 0.6) is 0 Å². The van der Waals surface area contributed by atoms with Crippen molar-refractivity contribution in [3.63, 3.8) is 0 Å². The van der Waals surface area contributed by atoms with Crippen molar-refractivity contribution in [2.24, 2.45) is 5.92 Å². The van der Waals surface area contributed by atoms with Gasteiger partial charge in [0.25, 0.3) is 5.95 Å². The second-order valence-electron chi connectivity index (χ2n) is 6.03. The van der Waals surface area contributed by atoms with E-state index in [2.05, 4.69) is 20.7 Å². The van der Waals surface area contributed by atoms with Crippen molar-refractivity contribution in [3.05, 3.63) is 35.9 Å². The Morgan fingerprint density at radius 2 is 2.13 bits per heavy atom. The molecule has 7 heteroatoms. The summed E-state index contributed by atoms with van der Waals surface area (Å²) < 4.78 is 1.65. The van der Waals surface area contributed by atoms with Crippen LogP contribution < -0.4 is 10.6 Å². The third kappa shape index (κ3) is 3.39. The fourth-order valence-corrected chi connectivity index (χ4v) is 2.60. The van der Waals surface area contributed by atoms with E-state index in [-0.39, 0.29) is 29.7 Å². The molecule has 0 fully saturated rings. The molecular weight excluding hydrogens is 294 g/mol. The molecule has 0 bridgehead atoms. The molecule has 0 radical (unpaired) electrons. The van der Waals surface area contributed by atoms with Gasteiger partial charge in [0.2, 0.25) is 17.8 Å². The number of nitrogens with one attached hydrogen (secondary N) is 2. The molecule has 0 saturated carbocycles. The molecule has 120 valence electrons. The number of hydrogen-bond donors (Lipinski definition) is 2. The molecule has 3 rings (SSSR count). The van der Waals surface area contributed by atoms with Crippen LogP contribution in [0.1, 0.15) is 38.3 Å². The lowest BCUT2D eigenvalue weighted by atomic mass is 10.0. The van der Waals surface area contributed by atoms with Gasteiger partial charge < -0.3 is 0 Å². The first kappa shape index (κ1) is 15.2. The Balaban J connectivity index is 1.87. The fourth-order valence-electron chi connectivity index (χ4n) is 2.60. The molecule has 2 heterocycles. The number of benzene rings is 1. The molecule has 2 aromatic rings. The lowest BCUT2D eigenvalue weighted by molar-refractivity contribution is -0.118. The summed E-state index contributed by atoms with van der Waals surface area (Å²) in [5.74, 6) is 0.581. The Morgan fingerprint density at radius 3 is 2.83 bits per heavy atom. The maximum Gasteiger partial charge on any atom is 0.250 e. The highest BCUT2D eigenvalue weighted by molar-refractivity contribution is 5.92. The fraction of sp³-hybridized carbons (Fsp3) is 0.375. The predicted molar refractivity (Wildman–Crippen MR) is 85.9 cm³/mol. The Labute approximate surface area is 134 Å². The van der Waals surface area contributed by atoms with Gasteiger partial charge in [0.15, 0.2) is 0 Å². The minimum absolute atomic E-state index is 0.112. The van der Waals surface area contributed by atoms with E-state index in [1.54, 1.807) is 4.68 Å². The van der Waals surface area contributed by atoms with Gasteiger partial charge in [-0.05, 0) is 11.5 Å². The van der Waals surface area contributed by atoms with E-state index in [0.717, 1.165) is 5.56 Å². The topological polar surface area (TPSA) is 88.9 Å². The number of carbonyl (C=O) groups is 2. The first-order chi connectivity index (χ1) is 11.0. The molecule has 0 saturated heterocycles. The summed E-state index contributed by atoms with van der Waals surface area (Å²) in [5.41, 5.74) is 0.980. The Kier molecular flexibility index (Phi) is 4.10. The zero-order valence-corrected chi connectivity index (χ0v) is 13.1. The van der Waals surface area contributed by atoms with Gasteiger partial charge in [0.1, 0.15) is 0 Å². The summed E-state index contributed by atoms with van der Waals surface area (Å²) in [6.45, 7) is 3.94. The van der Waals surface area contributed by atoms with E-state index in [9.17, 15) is 9.59 Å². The molecule has 1 atom stereocenters. The van der Waals surface area contributed by atoms with Crippen molar-refractivity contribution in [2.45, 2.75) is 32.7 Å². The number of amides is 2. The van der Waals surface area contributed by atoms with Crippen LogP contribution in [-0.4, -0.2) is 26.6 Å². The number of rotatable bonds is 4. The summed E-state index contributed by atoms with van der Waals surface area (Å²) in [5, 5.41) is 9.73. The van der Waals surface area contributed by atoms with Crippen molar-refractivity contribution < 1.29 is 9.59 Å². The summed E-state index contributed by atoms with van der Waals surface area (Å²) in [6, 6.07) is 9.44. The van der Waals surface area contributed by atoms with E-state index >= 15 is 0 Å². The molecule has 1 aliphatic heterocycles. The SMILES string of the molecule is CC(C)CC(=O)Nc1nc2n(n1)C(c1ccccc1)CC(=O)N2. The lowest BCUT2D eigenvalue weighted by Gasteiger charge is -2.23. The van der Waals surface area contributed by atoms with Gasteiger partial charge in [0.05, 0.1) is 12.5 Å². The second-order valence-corrected chi connectivity index (χ2v) is 6.03. The zero-order chi connectivity index (χ0) is 16.4. The second kappa shape index (κ2) is 6.20. The maximum atomic E-state index is 11.9. The van der Waals surface area contributed by atoms with E-state index in [1.165, 1.54) is 0 Å². The Morgan fingerprint density at radius 1 is 1.39 bits per heavy atom. The smallest absolute Gasteiger partial charge is 0.250 e. The molecule has 7 nitrogen and oxygen atoms in total. The monoisotopic (exact) mass is 313 g/mol. The van der Waals surface area contributed by atoms with Crippen molar-refractivity contribution in [2.75, 3.05) is 10.6 Å². The largest absolute Gasteiger partial charge is 0.295 e. The molecule has 2 amide bonds. The van der Waals surface area contributed by atoms with Crippen LogP contribution >= 0.6 is 0 Å². The van der Waals surface area contributed by atoms with Crippen LogP contribution in [-0.2, 0) is 9.59 Å². The van der Waals surface area contributed by atoms with Crippen LogP contribution in [0.15, 0.2) is 30.3 Å². The minimum Gasteiger partial charge on any atom is -0.295 e. The Hall–Kier alpha value is -2.70. The number of nitrogens with zero attached hydrogens (tertiary/aromatic N) is 3.